The number of hydrogen-bond acceptors (Lipinski definition) is 3. The van der Waals surface area contributed by atoms with Crippen LogP contribution in [0, 0.1) is 25.2 Å². The number of halogens is 3. The Morgan fingerprint density at radius 1 is 1.16 bits per heavy atom. The third-order valence-corrected chi connectivity index (χ3v) is 3.82. The molecule has 0 spiro atoms. The van der Waals surface area contributed by atoms with Crippen molar-refractivity contribution in [2.24, 2.45) is 0 Å². The van der Waals surface area contributed by atoms with Crippen LogP contribution in [0.5, 0.6) is 0 Å². The Bertz CT molecular complexity index is 828. The van der Waals surface area contributed by atoms with Gasteiger partial charge in [0, 0.05) is 23.7 Å². The fourth-order valence-corrected chi connectivity index (χ4v) is 2.51. The van der Waals surface area contributed by atoms with Crippen LogP contribution in [-0.2, 0) is 6.18 Å². The third kappa shape index (κ3) is 4.24. The number of pyridine rings is 2. The zero-order valence-electron chi connectivity index (χ0n) is 14.3. The molecule has 0 aliphatic heterocycles. The van der Waals surface area contributed by atoms with Gasteiger partial charge in [-0.3, -0.25) is 9.97 Å². The van der Waals surface area contributed by atoms with E-state index in [9.17, 15) is 18.4 Å². The molecule has 2 aromatic heterocycles. The van der Waals surface area contributed by atoms with Gasteiger partial charge in [-0.05, 0) is 43.5 Å². The maximum atomic E-state index is 13.0. The van der Waals surface area contributed by atoms with Gasteiger partial charge in [0.25, 0.3) is 0 Å². The minimum absolute atomic E-state index is 0.189. The largest absolute Gasteiger partial charge is 0.417 e. The summed E-state index contributed by atoms with van der Waals surface area (Å²) in [5, 5.41) is 9.67. The van der Waals surface area contributed by atoms with E-state index in [1.165, 1.54) is 0 Å². The molecule has 0 aromatic carbocycles. The first-order valence-corrected chi connectivity index (χ1v) is 7.88. The minimum atomic E-state index is -4.51. The fraction of sp³-hybridized carbons (Fsp3) is 0.316. The van der Waals surface area contributed by atoms with Gasteiger partial charge >= 0.3 is 6.18 Å². The van der Waals surface area contributed by atoms with Crippen LogP contribution < -0.4 is 0 Å². The summed E-state index contributed by atoms with van der Waals surface area (Å²) in [6.45, 7) is 5.44. The molecular formula is C19H18F3N3. The van der Waals surface area contributed by atoms with E-state index in [1.54, 1.807) is 19.2 Å². The highest BCUT2D eigenvalue weighted by atomic mass is 19.4. The molecule has 0 aliphatic rings. The first-order chi connectivity index (χ1) is 11.8. The molecule has 0 fully saturated rings. The lowest BCUT2D eigenvalue weighted by Crippen LogP contribution is -2.08. The number of nitriles is 1. The van der Waals surface area contributed by atoms with Crippen molar-refractivity contribution in [1.82, 2.24) is 9.97 Å². The Labute approximate surface area is 144 Å². The third-order valence-electron chi connectivity index (χ3n) is 3.82. The smallest absolute Gasteiger partial charge is 0.260 e. The maximum absolute atomic E-state index is 13.0. The number of hydrogen-bond donors (Lipinski definition) is 0. The Morgan fingerprint density at radius 3 is 2.40 bits per heavy atom. The van der Waals surface area contributed by atoms with Crippen LogP contribution in [0.1, 0.15) is 47.8 Å². The number of rotatable bonds is 4. The van der Waals surface area contributed by atoms with Gasteiger partial charge in [-0.25, -0.2) is 0 Å². The van der Waals surface area contributed by atoms with Crippen LogP contribution in [0.25, 0.3) is 11.1 Å². The predicted molar refractivity (Wildman–Crippen MR) is 90.3 cm³/mol. The highest BCUT2D eigenvalue weighted by Crippen LogP contribution is 2.34. The summed E-state index contributed by atoms with van der Waals surface area (Å²) in [7, 11) is 0. The summed E-state index contributed by atoms with van der Waals surface area (Å²) >= 11 is 0. The van der Waals surface area contributed by atoms with Gasteiger partial charge in [-0.15, -0.1) is 0 Å². The lowest BCUT2D eigenvalue weighted by Gasteiger charge is -2.14. The number of aryl methyl sites for hydroxylation is 2. The van der Waals surface area contributed by atoms with Crippen molar-refractivity contribution in [2.45, 2.75) is 39.8 Å². The maximum Gasteiger partial charge on any atom is 0.417 e. The SMILES string of the molecule is CCC/C(=C(/C#N)c1cc(C(F)(F)F)cnc1C)c1ccc(C)cn1. The highest BCUT2D eigenvalue weighted by Gasteiger charge is 2.32. The standard InChI is InChI=1S/C19H18F3N3/c1-4-5-15(18-7-6-12(2)10-25-18)17(9-23)16-8-14(19(20,21)22)11-24-13(16)3/h6-8,10-11H,4-5H2,1-3H3/b17-15+. The molecule has 0 aliphatic carbocycles. The summed E-state index contributed by atoms with van der Waals surface area (Å²) < 4.78 is 39.1. The monoisotopic (exact) mass is 345 g/mol. The molecule has 130 valence electrons. The minimum Gasteiger partial charge on any atom is -0.260 e. The van der Waals surface area contributed by atoms with Gasteiger partial charge in [-0.2, -0.15) is 18.4 Å². The van der Waals surface area contributed by atoms with Gasteiger partial charge < -0.3 is 0 Å². The van der Waals surface area contributed by atoms with Crippen LogP contribution in [-0.4, -0.2) is 9.97 Å². The molecule has 0 atom stereocenters. The number of alkyl halides is 3. The molecule has 0 saturated heterocycles. The van der Waals surface area contributed by atoms with Gasteiger partial charge in [0.2, 0.25) is 0 Å². The average molecular weight is 345 g/mol. The van der Waals surface area contributed by atoms with Gasteiger partial charge in [0.05, 0.1) is 16.8 Å². The molecule has 3 nitrogen and oxygen atoms in total. The molecule has 0 bridgehead atoms. The van der Waals surface area contributed by atoms with Crippen LogP contribution in [0.3, 0.4) is 0 Å². The fourth-order valence-electron chi connectivity index (χ4n) is 2.51. The second-order valence-corrected chi connectivity index (χ2v) is 5.79. The zero-order valence-corrected chi connectivity index (χ0v) is 14.3. The van der Waals surface area contributed by atoms with Gasteiger partial charge in [0.15, 0.2) is 0 Å². The topological polar surface area (TPSA) is 49.6 Å². The first-order valence-electron chi connectivity index (χ1n) is 7.88. The van der Waals surface area contributed by atoms with E-state index in [1.807, 2.05) is 19.9 Å². The molecule has 6 heteroatoms. The van der Waals surface area contributed by atoms with Crippen LogP contribution in [0.4, 0.5) is 13.2 Å². The molecule has 25 heavy (non-hydrogen) atoms. The van der Waals surface area contributed by atoms with Crippen molar-refractivity contribution in [3.63, 3.8) is 0 Å². The summed E-state index contributed by atoms with van der Waals surface area (Å²) in [6.07, 6.45) is -0.770. The molecule has 0 radical (unpaired) electrons. The average Bonchev–Trinajstić information content (AvgIpc) is 2.56. The molecule has 0 N–H and O–H groups in total. The van der Waals surface area contributed by atoms with Crippen LogP contribution in [0.15, 0.2) is 30.6 Å². The number of aromatic nitrogens is 2. The van der Waals surface area contributed by atoms with E-state index in [-0.39, 0.29) is 11.1 Å². The van der Waals surface area contributed by atoms with Crippen molar-refractivity contribution in [2.75, 3.05) is 0 Å². The second kappa shape index (κ2) is 7.47. The first kappa shape index (κ1) is 18.7. The van der Waals surface area contributed by atoms with Crippen LogP contribution in [0.2, 0.25) is 0 Å². The van der Waals surface area contributed by atoms with E-state index < -0.39 is 11.7 Å². The van der Waals surface area contributed by atoms with E-state index >= 15 is 0 Å². The van der Waals surface area contributed by atoms with Crippen LogP contribution >= 0.6 is 0 Å². The van der Waals surface area contributed by atoms with E-state index in [2.05, 4.69) is 16.0 Å². The van der Waals surface area contributed by atoms with E-state index in [0.717, 1.165) is 24.2 Å². The molecule has 2 heterocycles. The lowest BCUT2D eigenvalue weighted by atomic mass is 9.93. The molecular weight excluding hydrogens is 327 g/mol. The normalized spacial score (nSPS) is 12.5. The Hall–Kier alpha value is -2.68. The Balaban J connectivity index is 2.71. The van der Waals surface area contributed by atoms with Crippen molar-refractivity contribution in [1.29, 1.82) is 5.26 Å². The number of allylic oxidation sites excluding steroid dienone is 2. The second-order valence-electron chi connectivity index (χ2n) is 5.79. The van der Waals surface area contributed by atoms with Crippen molar-refractivity contribution in [3.8, 4) is 6.07 Å². The predicted octanol–water partition coefficient (Wildman–Crippen LogP) is 5.35. The Kier molecular flexibility index (Phi) is 5.58. The van der Waals surface area contributed by atoms with Gasteiger partial charge in [0.1, 0.15) is 6.07 Å². The molecule has 2 aromatic rings. The van der Waals surface area contributed by atoms with E-state index in [4.69, 9.17) is 0 Å². The zero-order chi connectivity index (χ0) is 18.6. The summed E-state index contributed by atoms with van der Waals surface area (Å²) in [5.41, 5.74) is 2.10. The van der Waals surface area contributed by atoms with Crippen molar-refractivity contribution >= 4 is 11.1 Å². The lowest BCUT2D eigenvalue weighted by molar-refractivity contribution is -0.137. The molecule has 2 rings (SSSR count). The summed E-state index contributed by atoms with van der Waals surface area (Å²) in [5.74, 6) is 0. The Morgan fingerprint density at radius 2 is 1.88 bits per heavy atom. The van der Waals surface area contributed by atoms with Crippen molar-refractivity contribution < 1.29 is 13.2 Å². The quantitative estimate of drug-likeness (QED) is 0.702. The van der Waals surface area contributed by atoms with E-state index in [0.29, 0.717) is 23.4 Å². The highest BCUT2D eigenvalue weighted by molar-refractivity contribution is 5.97. The summed E-state index contributed by atoms with van der Waals surface area (Å²) in [4.78, 5) is 8.18. The number of nitrogens with zero attached hydrogens (tertiary/aromatic N) is 3. The van der Waals surface area contributed by atoms with Crippen molar-refractivity contribution in [3.05, 3.63) is 58.7 Å². The molecule has 0 unspecified atom stereocenters. The molecule has 0 saturated carbocycles. The summed E-state index contributed by atoms with van der Waals surface area (Å²) in [6, 6.07) is 6.71. The van der Waals surface area contributed by atoms with Gasteiger partial charge in [-0.1, -0.05) is 19.4 Å². The molecule has 0 amide bonds.